The highest BCUT2D eigenvalue weighted by Crippen LogP contribution is 2.30. The van der Waals surface area contributed by atoms with Crippen LogP contribution >= 0.6 is 0 Å². The molecule has 1 amide bonds. The summed E-state index contributed by atoms with van der Waals surface area (Å²) in [6, 6.07) is 6.09. The van der Waals surface area contributed by atoms with Gasteiger partial charge in [0.05, 0.1) is 12.2 Å². The van der Waals surface area contributed by atoms with Gasteiger partial charge < -0.3 is 9.64 Å². The zero-order chi connectivity index (χ0) is 14.1. The fourth-order valence-corrected chi connectivity index (χ4v) is 3.13. The molecule has 3 rings (SSSR count). The maximum atomic E-state index is 11.6. The summed E-state index contributed by atoms with van der Waals surface area (Å²) in [6.07, 6.45) is 2.81. The van der Waals surface area contributed by atoms with E-state index in [1.54, 1.807) is 6.92 Å². The van der Waals surface area contributed by atoms with Crippen molar-refractivity contribution in [1.82, 2.24) is 4.90 Å². The van der Waals surface area contributed by atoms with Gasteiger partial charge in [-0.25, -0.2) is 4.79 Å². The quantitative estimate of drug-likeness (QED) is 0.736. The number of fused-ring (bicyclic) bond motifs is 1. The molecule has 0 aromatic heterocycles. The molecule has 106 valence electrons. The lowest BCUT2D eigenvalue weighted by atomic mass is 9.87. The second kappa shape index (κ2) is 5.27. The fraction of sp³-hybridized carbons (Fsp3) is 0.500. The van der Waals surface area contributed by atoms with E-state index in [0.717, 1.165) is 37.9 Å². The smallest absolute Gasteiger partial charge is 0.338 e. The highest BCUT2D eigenvalue weighted by Gasteiger charge is 2.24. The van der Waals surface area contributed by atoms with Crippen molar-refractivity contribution >= 4 is 11.9 Å². The van der Waals surface area contributed by atoms with E-state index in [9.17, 15) is 9.59 Å². The van der Waals surface area contributed by atoms with Crippen molar-refractivity contribution in [2.75, 3.05) is 19.7 Å². The van der Waals surface area contributed by atoms with Crippen LogP contribution < -0.4 is 0 Å². The molecular formula is C16H19NO3. The predicted octanol–water partition coefficient (Wildman–Crippen LogP) is 2.13. The number of hydrogen-bond donors (Lipinski definition) is 0. The van der Waals surface area contributed by atoms with E-state index in [1.165, 1.54) is 5.56 Å². The number of ether oxygens (including phenoxy) is 1. The topological polar surface area (TPSA) is 46.6 Å². The molecule has 0 N–H and O–H groups in total. The third-order valence-electron chi connectivity index (χ3n) is 4.37. The highest BCUT2D eigenvalue weighted by atomic mass is 16.5. The average Bonchev–Trinajstić information content (AvgIpc) is 2.47. The van der Waals surface area contributed by atoms with Crippen LogP contribution in [0.15, 0.2) is 18.2 Å². The molecule has 0 bridgehead atoms. The molecule has 2 aliphatic rings. The van der Waals surface area contributed by atoms with E-state index >= 15 is 0 Å². The number of esters is 1. The minimum absolute atomic E-state index is 0.164. The molecule has 1 aromatic rings. The van der Waals surface area contributed by atoms with Gasteiger partial charge in [-0.3, -0.25) is 4.79 Å². The molecule has 20 heavy (non-hydrogen) atoms. The normalized spacial score (nSPS) is 19.4. The van der Waals surface area contributed by atoms with Crippen LogP contribution in [0.25, 0.3) is 0 Å². The first-order valence-electron chi connectivity index (χ1n) is 7.20. The molecule has 1 saturated heterocycles. The van der Waals surface area contributed by atoms with Crippen molar-refractivity contribution in [3.63, 3.8) is 0 Å². The third-order valence-corrected chi connectivity index (χ3v) is 4.37. The van der Waals surface area contributed by atoms with Crippen LogP contribution in [-0.4, -0.2) is 36.5 Å². The summed E-state index contributed by atoms with van der Waals surface area (Å²) >= 11 is 0. The minimum atomic E-state index is -0.204. The Morgan fingerprint density at radius 2 is 2.05 bits per heavy atom. The summed E-state index contributed by atoms with van der Waals surface area (Å²) in [4.78, 5) is 24.9. The summed E-state index contributed by atoms with van der Waals surface area (Å²) in [5.74, 6) is 0.453. The minimum Gasteiger partial charge on any atom is -0.462 e. The molecule has 2 heterocycles. The van der Waals surface area contributed by atoms with Gasteiger partial charge in [0.1, 0.15) is 0 Å². The van der Waals surface area contributed by atoms with Crippen LogP contribution in [-0.2, 0) is 16.0 Å². The lowest BCUT2D eigenvalue weighted by molar-refractivity contribution is -0.129. The van der Waals surface area contributed by atoms with E-state index in [1.807, 2.05) is 17.0 Å². The second-order valence-corrected chi connectivity index (χ2v) is 5.58. The summed E-state index contributed by atoms with van der Waals surface area (Å²) in [5, 5.41) is 0. The van der Waals surface area contributed by atoms with Gasteiger partial charge in [0.25, 0.3) is 0 Å². The fourth-order valence-electron chi connectivity index (χ4n) is 3.13. The van der Waals surface area contributed by atoms with Crippen molar-refractivity contribution in [3.8, 4) is 0 Å². The van der Waals surface area contributed by atoms with Crippen molar-refractivity contribution in [2.45, 2.75) is 32.1 Å². The monoisotopic (exact) mass is 273 g/mol. The van der Waals surface area contributed by atoms with Crippen molar-refractivity contribution in [3.05, 3.63) is 34.9 Å². The van der Waals surface area contributed by atoms with E-state index < -0.39 is 0 Å². The van der Waals surface area contributed by atoms with Crippen LogP contribution in [0.1, 0.15) is 47.2 Å². The third kappa shape index (κ3) is 2.42. The zero-order valence-corrected chi connectivity index (χ0v) is 11.7. The summed E-state index contributed by atoms with van der Waals surface area (Å²) in [6.45, 7) is 3.78. The molecule has 1 fully saturated rings. The Balaban J connectivity index is 1.76. The number of nitrogens with zero attached hydrogens (tertiary/aromatic N) is 1. The number of piperidine rings is 1. The van der Waals surface area contributed by atoms with E-state index in [4.69, 9.17) is 4.74 Å². The Hall–Kier alpha value is -1.84. The number of benzene rings is 1. The van der Waals surface area contributed by atoms with Gasteiger partial charge in [-0.2, -0.15) is 0 Å². The molecule has 0 aliphatic carbocycles. The largest absolute Gasteiger partial charge is 0.462 e. The Bertz CT molecular complexity index is 545. The number of amides is 1. The summed E-state index contributed by atoms with van der Waals surface area (Å²) in [5.41, 5.74) is 3.11. The molecule has 1 aromatic carbocycles. The first kappa shape index (κ1) is 13.2. The van der Waals surface area contributed by atoms with Crippen LogP contribution in [0.4, 0.5) is 0 Å². The van der Waals surface area contributed by atoms with E-state index in [2.05, 4.69) is 6.07 Å². The van der Waals surface area contributed by atoms with Gasteiger partial charge in [0.2, 0.25) is 5.91 Å². The van der Waals surface area contributed by atoms with Crippen LogP contribution in [0.2, 0.25) is 0 Å². The SMILES string of the molecule is CC(=O)N1CCC(c2ccc3c(c2)CCOC3=O)CC1. The molecule has 0 saturated carbocycles. The molecule has 0 spiro atoms. The van der Waals surface area contributed by atoms with E-state index in [-0.39, 0.29) is 11.9 Å². The first-order valence-corrected chi connectivity index (χ1v) is 7.20. The standard InChI is InChI=1S/C16H19NO3/c1-11(18)17-7-4-12(5-8-17)13-2-3-15-14(10-13)6-9-20-16(15)19/h2-3,10,12H,4-9H2,1H3. The summed E-state index contributed by atoms with van der Waals surface area (Å²) < 4.78 is 5.05. The Morgan fingerprint density at radius 1 is 1.30 bits per heavy atom. The second-order valence-electron chi connectivity index (χ2n) is 5.58. The number of likely N-dealkylation sites (tertiary alicyclic amines) is 1. The van der Waals surface area contributed by atoms with Gasteiger partial charge >= 0.3 is 5.97 Å². The Morgan fingerprint density at radius 3 is 2.75 bits per heavy atom. The Kier molecular flexibility index (Phi) is 3.47. The number of carbonyl (C=O) groups excluding carboxylic acids is 2. The van der Waals surface area contributed by atoms with Gasteiger partial charge in [-0.1, -0.05) is 12.1 Å². The van der Waals surface area contributed by atoms with Crippen molar-refractivity contribution in [2.24, 2.45) is 0 Å². The number of rotatable bonds is 1. The number of hydrogen-bond acceptors (Lipinski definition) is 3. The molecule has 2 aliphatic heterocycles. The zero-order valence-electron chi connectivity index (χ0n) is 11.7. The van der Waals surface area contributed by atoms with Gasteiger partial charge in [0, 0.05) is 26.4 Å². The lowest BCUT2D eigenvalue weighted by Gasteiger charge is -2.32. The molecule has 0 radical (unpaired) electrons. The molecule has 4 nitrogen and oxygen atoms in total. The van der Waals surface area contributed by atoms with E-state index in [0.29, 0.717) is 18.1 Å². The average molecular weight is 273 g/mol. The van der Waals surface area contributed by atoms with Crippen LogP contribution in [0, 0.1) is 0 Å². The maximum Gasteiger partial charge on any atom is 0.338 e. The van der Waals surface area contributed by atoms with Gasteiger partial charge in [-0.15, -0.1) is 0 Å². The molecule has 0 unspecified atom stereocenters. The molecule has 4 heteroatoms. The maximum absolute atomic E-state index is 11.6. The van der Waals surface area contributed by atoms with Crippen molar-refractivity contribution in [1.29, 1.82) is 0 Å². The number of cyclic esters (lactones) is 1. The molecule has 0 atom stereocenters. The van der Waals surface area contributed by atoms with Crippen molar-refractivity contribution < 1.29 is 14.3 Å². The van der Waals surface area contributed by atoms with Crippen LogP contribution in [0.5, 0.6) is 0 Å². The highest BCUT2D eigenvalue weighted by molar-refractivity contribution is 5.92. The molecular weight excluding hydrogens is 254 g/mol. The summed E-state index contributed by atoms with van der Waals surface area (Å²) in [7, 11) is 0. The predicted molar refractivity (Wildman–Crippen MR) is 74.7 cm³/mol. The first-order chi connectivity index (χ1) is 9.65. The lowest BCUT2D eigenvalue weighted by Crippen LogP contribution is -2.36. The van der Waals surface area contributed by atoms with Crippen LogP contribution in [0.3, 0.4) is 0 Å². The van der Waals surface area contributed by atoms with Gasteiger partial charge in [0.15, 0.2) is 0 Å². The Labute approximate surface area is 118 Å². The van der Waals surface area contributed by atoms with Gasteiger partial charge in [-0.05, 0) is 36.0 Å². The number of carbonyl (C=O) groups is 2.